The van der Waals surface area contributed by atoms with Gasteiger partial charge in [-0.1, -0.05) is 5.16 Å². The summed E-state index contributed by atoms with van der Waals surface area (Å²) in [6.45, 7) is 3.57. The van der Waals surface area contributed by atoms with E-state index in [0.29, 0.717) is 18.4 Å². The van der Waals surface area contributed by atoms with Gasteiger partial charge in [0.25, 0.3) is 0 Å². The minimum Gasteiger partial charge on any atom is -0.361 e. The van der Waals surface area contributed by atoms with Crippen LogP contribution in [0.2, 0.25) is 0 Å². The lowest BCUT2D eigenvalue weighted by Gasteiger charge is -2.38. The summed E-state index contributed by atoms with van der Waals surface area (Å²) in [4.78, 5) is 16.0. The fourth-order valence-electron chi connectivity index (χ4n) is 3.62. The second-order valence-corrected chi connectivity index (χ2v) is 7.17. The number of hydrogen-bond acceptors (Lipinski definition) is 5. The van der Waals surface area contributed by atoms with Crippen molar-refractivity contribution in [1.29, 1.82) is 0 Å². The molecule has 0 spiro atoms. The van der Waals surface area contributed by atoms with Crippen molar-refractivity contribution in [2.45, 2.75) is 44.2 Å². The van der Waals surface area contributed by atoms with E-state index in [1.165, 1.54) is 12.8 Å². The van der Waals surface area contributed by atoms with E-state index in [1.807, 2.05) is 22.0 Å². The van der Waals surface area contributed by atoms with Crippen LogP contribution < -0.4 is 4.90 Å². The Hall–Kier alpha value is -2.15. The Balaban J connectivity index is 1.17. The minimum atomic E-state index is 0.210. The third kappa shape index (κ3) is 2.53. The average molecular weight is 327 g/mol. The highest BCUT2D eigenvalue weighted by molar-refractivity contribution is 5.95. The number of anilines is 1. The maximum Gasteiger partial charge on any atom is 0.227 e. The van der Waals surface area contributed by atoms with Crippen LogP contribution in [0.1, 0.15) is 49.1 Å². The summed E-state index contributed by atoms with van der Waals surface area (Å²) in [6, 6.07) is 2.49. The lowest BCUT2D eigenvalue weighted by molar-refractivity contribution is -0.117. The van der Waals surface area contributed by atoms with Crippen molar-refractivity contribution in [2.75, 3.05) is 24.5 Å². The number of amides is 1. The Kier molecular flexibility index (Phi) is 3.22. The first-order valence-electron chi connectivity index (χ1n) is 8.78. The van der Waals surface area contributed by atoms with Crippen molar-refractivity contribution < 1.29 is 9.32 Å². The molecule has 2 aromatic rings. The van der Waals surface area contributed by atoms with E-state index in [1.54, 1.807) is 0 Å². The molecule has 24 heavy (non-hydrogen) atoms. The largest absolute Gasteiger partial charge is 0.361 e. The minimum absolute atomic E-state index is 0.210. The summed E-state index contributed by atoms with van der Waals surface area (Å²) in [5.41, 5.74) is 1.96. The number of carbonyl (C=O) groups excluding carboxylic acids is 1. The smallest absolute Gasteiger partial charge is 0.227 e. The van der Waals surface area contributed by atoms with Crippen LogP contribution >= 0.6 is 0 Å². The van der Waals surface area contributed by atoms with Crippen LogP contribution in [-0.2, 0) is 11.3 Å². The second kappa shape index (κ2) is 5.44. The maximum absolute atomic E-state index is 11.8. The highest BCUT2D eigenvalue weighted by Gasteiger charge is 2.32. The summed E-state index contributed by atoms with van der Waals surface area (Å²) in [5, 5.41) is 8.63. The molecule has 0 N–H and O–H groups in total. The Labute approximate surface area is 140 Å². The lowest BCUT2D eigenvalue weighted by atomic mass is 10.1. The molecule has 0 radical (unpaired) electrons. The van der Waals surface area contributed by atoms with E-state index in [0.717, 1.165) is 49.7 Å². The third-order valence-electron chi connectivity index (χ3n) is 5.23. The highest BCUT2D eigenvalue weighted by atomic mass is 16.5. The van der Waals surface area contributed by atoms with Gasteiger partial charge in [-0.15, -0.1) is 0 Å². The summed E-state index contributed by atoms with van der Waals surface area (Å²) in [6.07, 6.45) is 7.89. The van der Waals surface area contributed by atoms with Gasteiger partial charge in [-0.2, -0.15) is 5.10 Å². The van der Waals surface area contributed by atoms with Gasteiger partial charge in [0.05, 0.1) is 23.6 Å². The van der Waals surface area contributed by atoms with Crippen LogP contribution in [0.3, 0.4) is 0 Å². The van der Waals surface area contributed by atoms with Crippen LogP contribution in [0.5, 0.6) is 0 Å². The van der Waals surface area contributed by atoms with E-state index in [9.17, 15) is 4.79 Å². The van der Waals surface area contributed by atoms with Crippen molar-refractivity contribution in [3.05, 3.63) is 29.9 Å². The van der Waals surface area contributed by atoms with Crippen molar-refractivity contribution in [3.63, 3.8) is 0 Å². The topological polar surface area (TPSA) is 67.4 Å². The van der Waals surface area contributed by atoms with Crippen molar-refractivity contribution in [2.24, 2.45) is 0 Å². The average Bonchev–Trinajstić information content (AvgIpc) is 2.95. The Morgan fingerprint density at radius 2 is 2.17 bits per heavy atom. The van der Waals surface area contributed by atoms with Gasteiger partial charge in [0.1, 0.15) is 5.76 Å². The Morgan fingerprint density at radius 1 is 1.29 bits per heavy atom. The molecule has 7 nitrogen and oxygen atoms in total. The van der Waals surface area contributed by atoms with Crippen LogP contribution in [0.15, 0.2) is 23.0 Å². The van der Waals surface area contributed by atoms with Gasteiger partial charge < -0.3 is 9.42 Å². The molecule has 2 aromatic heterocycles. The molecule has 1 saturated carbocycles. The molecule has 3 aliphatic rings. The third-order valence-corrected chi connectivity index (χ3v) is 5.23. The first-order chi connectivity index (χ1) is 11.8. The summed E-state index contributed by atoms with van der Waals surface area (Å²) in [5.74, 6) is 1.88. The van der Waals surface area contributed by atoms with E-state index >= 15 is 0 Å². The molecule has 1 aliphatic carbocycles. The van der Waals surface area contributed by atoms with Gasteiger partial charge in [0.15, 0.2) is 0 Å². The standard InChI is InChI=1S/C17H21N5O2/c23-17-2-1-5-21(17)14-7-18-22(11-14)15-9-20(10-15)8-13-6-16(24-19-13)12-3-4-12/h6-7,11-12,15H,1-5,8-10H2. The van der Waals surface area contributed by atoms with E-state index in [-0.39, 0.29) is 5.91 Å². The zero-order valence-electron chi connectivity index (χ0n) is 13.6. The molecule has 0 bridgehead atoms. The van der Waals surface area contributed by atoms with Crippen molar-refractivity contribution >= 4 is 11.6 Å². The molecule has 0 atom stereocenters. The predicted octanol–water partition coefficient (Wildman–Crippen LogP) is 1.93. The molecule has 7 heteroatoms. The zero-order chi connectivity index (χ0) is 16.1. The van der Waals surface area contributed by atoms with Crippen LogP contribution in [0.25, 0.3) is 0 Å². The van der Waals surface area contributed by atoms with Gasteiger partial charge in [0.2, 0.25) is 5.91 Å². The lowest BCUT2D eigenvalue weighted by Crippen LogP contribution is -2.47. The molecule has 2 saturated heterocycles. The zero-order valence-corrected chi connectivity index (χ0v) is 13.6. The maximum atomic E-state index is 11.8. The Bertz CT molecular complexity index is 757. The van der Waals surface area contributed by atoms with Gasteiger partial charge in [-0.25, -0.2) is 0 Å². The SMILES string of the molecule is O=C1CCCN1c1cnn(C2CN(Cc3cc(C4CC4)on3)C2)c1. The molecule has 5 rings (SSSR count). The van der Waals surface area contributed by atoms with Gasteiger partial charge in [-0.3, -0.25) is 14.4 Å². The van der Waals surface area contributed by atoms with Gasteiger partial charge in [0, 0.05) is 50.8 Å². The van der Waals surface area contributed by atoms with Crippen molar-refractivity contribution in [3.8, 4) is 0 Å². The van der Waals surface area contributed by atoms with Crippen LogP contribution in [0.4, 0.5) is 5.69 Å². The Morgan fingerprint density at radius 3 is 2.92 bits per heavy atom. The van der Waals surface area contributed by atoms with E-state index in [4.69, 9.17) is 4.52 Å². The fraction of sp³-hybridized carbons (Fsp3) is 0.588. The van der Waals surface area contributed by atoms with Crippen LogP contribution in [0, 0.1) is 0 Å². The molecule has 0 aromatic carbocycles. The molecule has 1 amide bonds. The summed E-state index contributed by atoms with van der Waals surface area (Å²) < 4.78 is 7.40. The first-order valence-corrected chi connectivity index (χ1v) is 8.78. The van der Waals surface area contributed by atoms with E-state index < -0.39 is 0 Å². The number of nitrogens with zero attached hydrogens (tertiary/aromatic N) is 5. The van der Waals surface area contributed by atoms with Crippen molar-refractivity contribution in [1.82, 2.24) is 19.8 Å². The molecular weight excluding hydrogens is 306 g/mol. The number of likely N-dealkylation sites (tertiary alicyclic amines) is 1. The summed E-state index contributed by atoms with van der Waals surface area (Å²) >= 11 is 0. The number of aromatic nitrogens is 3. The molecule has 2 aliphatic heterocycles. The van der Waals surface area contributed by atoms with E-state index in [2.05, 4.69) is 21.2 Å². The molecule has 4 heterocycles. The molecule has 0 unspecified atom stereocenters. The second-order valence-electron chi connectivity index (χ2n) is 7.17. The number of hydrogen-bond donors (Lipinski definition) is 0. The molecule has 3 fully saturated rings. The van der Waals surface area contributed by atoms with Gasteiger partial charge >= 0.3 is 0 Å². The monoisotopic (exact) mass is 327 g/mol. The normalized spacial score (nSPS) is 22.3. The molecule has 126 valence electrons. The molecular formula is C17H21N5O2. The predicted molar refractivity (Wildman–Crippen MR) is 86.6 cm³/mol. The number of rotatable bonds is 5. The fourth-order valence-corrected chi connectivity index (χ4v) is 3.62. The quantitative estimate of drug-likeness (QED) is 0.839. The summed E-state index contributed by atoms with van der Waals surface area (Å²) in [7, 11) is 0. The van der Waals surface area contributed by atoms with Gasteiger partial charge in [-0.05, 0) is 19.3 Å². The number of carbonyl (C=O) groups is 1. The first kappa shape index (κ1) is 14.2. The van der Waals surface area contributed by atoms with Crippen LogP contribution in [-0.4, -0.2) is 45.4 Å². The highest BCUT2D eigenvalue weighted by Crippen LogP contribution is 2.40.